The summed E-state index contributed by atoms with van der Waals surface area (Å²) in [5, 5.41) is 14.4. The second-order valence-corrected chi connectivity index (χ2v) is 5.15. The number of aliphatic carboxylic acids is 1. The number of benzene rings is 1. The van der Waals surface area contributed by atoms with Gasteiger partial charge in [0.25, 0.3) is 0 Å². The Labute approximate surface area is 124 Å². The molecule has 1 rings (SSSR count). The maximum Gasteiger partial charge on any atom is 0.329 e. The van der Waals surface area contributed by atoms with Gasteiger partial charge in [0.1, 0.15) is 11.3 Å². The number of carboxylic acid groups (broad SMARTS) is 1. The zero-order chi connectivity index (χ0) is 16.0. The molecule has 0 aromatic heterocycles. The summed E-state index contributed by atoms with van der Waals surface area (Å²) in [5.74, 6) is -0.326. The van der Waals surface area contributed by atoms with E-state index in [0.29, 0.717) is 18.5 Å². The van der Waals surface area contributed by atoms with E-state index in [0.717, 1.165) is 11.3 Å². The van der Waals surface area contributed by atoms with Crippen LogP contribution in [0, 0.1) is 6.92 Å². The predicted molar refractivity (Wildman–Crippen MR) is 80.8 cm³/mol. The van der Waals surface area contributed by atoms with E-state index in [2.05, 4.69) is 10.6 Å². The highest BCUT2D eigenvalue weighted by Gasteiger charge is 2.33. The summed E-state index contributed by atoms with van der Waals surface area (Å²) in [6, 6.07) is 4.66. The molecule has 1 aromatic rings. The average Bonchev–Trinajstić information content (AvgIpc) is 2.38. The van der Waals surface area contributed by atoms with Crippen molar-refractivity contribution in [3.8, 4) is 5.75 Å². The Morgan fingerprint density at radius 1 is 1.38 bits per heavy atom. The van der Waals surface area contributed by atoms with E-state index in [-0.39, 0.29) is 0 Å². The molecule has 6 heteroatoms. The number of anilines is 1. The van der Waals surface area contributed by atoms with Crippen molar-refractivity contribution in [3.05, 3.63) is 23.8 Å². The van der Waals surface area contributed by atoms with Gasteiger partial charge in [-0.15, -0.1) is 0 Å². The molecule has 0 spiro atoms. The van der Waals surface area contributed by atoms with Gasteiger partial charge in [0.15, 0.2) is 0 Å². The molecule has 3 N–H and O–H groups in total. The Hall–Kier alpha value is -2.24. The van der Waals surface area contributed by atoms with Gasteiger partial charge in [-0.2, -0.15) is 0 Å². The lowest BCUT2D eigenvalue weighted by Crippen LogP contribution is -2.53. The Balaban J connectivity index is 2.77. The third-order valence-electron chi connectivity index (χ3n) is 3.26. The summed E-state index contributed by atoms with van der Waals surface area (Å²) < 4.78 is 5.14. The van der Waals surface area contributed by atoms with Crippen LogP contribution in [0.4, 0.5) is 10.5 Å². The van der Waals surface area contributed by atoms with E-state index < -0.39 is 17.5 Å². The molecule has 0 bridgehead atoms. The maximum atomic E-state index is 12.0. The van der Waals surface area contributed by atoms with Crippen LogP contribution in [0.2, 0.25) is 0 Å². The highest BCUT2D eigenvalue weighted by molar-refractivity contribution is 5.93. The van der Waals surface area contributed by atoms with Crippen molar-refractivity contribution < 1.29 is 19.4 Å². The summed E-state index contributed by atoms with van der Waals surface area (Å²) >= 11 is 0. The summed E-state index contributed by atoms with van der Waals surface area (Å²) in [7, 11) is 1.57. The van der Waals surface area contributed by atoms with Crippen LogP contribution in [0.25, 0.3) is 0 Å². The van der Waals surface area contributed by atoms with Crippen LogP contribution >= 0.6 is 0 Å². The summed E-state index contributed by atoms with van der Waals surface area (Å²) in [6.45, 7) is 5.23. The summed E-state index contributed by atoms with van der Waals surface area (Å²) in [5.41, 5.74) is 0.181. The molecule has 1 atom stereocenters. The van der Waals surface area contributed by atoms with Crippen molar-refractivity contribution >= 4 is 17.7 Å². The van der Waals surface area contributed by atoms with Gasteiger partial charge in [0.05, 0.1) is 7.11 Å². The minimum Gasteiger partial charge on any atom is -0.496 e. The molecule has 0 fully saturated rings. The lowest BCUT2D eigenvalue weighted by molar-refractivity contribution is -0.143. The van der Waals surface area contributed by atoms with Crippen LogP contribution < -0.4 is 15.4 Å². The van der Waals surface area contributed by atoms with Crippen molar-refractivity contribution in [2.45, 2.75) is 39.2 Å². The lowest BCUT2D eigenvalue weighted by atomic mass is 9.97. The standard InChI is InChI=1S/C15H22N2O4/c1-5-8-15(3,13(18)19)17-14(20)16-11-6-7-12(21-4)10(2)9-11/h6-7,9H,5,8H2,1-4H3,(H,18,19)(H2,16,17,20). The number of carbonyl (C=O) groups excluding carboxylic acids is 1. The van der Waals surface area contributed by atoms with E-state index in [4.69, 9.17) is 4.74 Å². The maximum absolute atomic E-state index is 12.0. The summed E-state index contributed by atoms with van der Waals surface area (Å²) in [4.78, 5) is 23.2. The number of hydrogen-bond acceptors (Lipinski definition) is 3. The van der Waals surface area contributed by atoms with E-state index in [1.54, 1.807) is 25.3 Å². The first-order valence-corrected chi connectivity index (χ1v) is 6.79. The number of aryl methyl sites for hydroxylation is 1. The van der Waals surface area contributed by atoms with Crippen LogP contribution in [0.3, 0.4) is 0 Å². The number of rotatable bonds is 6. The molecule has 0 aliphatic heterocycles. The van der Waals surface area contributed by atoms with E-state index in [1.165, 1.54) is 6.92 Å². The second-order valence-electron chi connectivity index (χ2n) is 5.15. The topological polar surface area (TPSA) is 87.7 Å². The first-order chi connectivity index (χ1) is 9.82. The van der Waals surface area contributed by atoms with E-state index in [9.17, 15) is 14.7 Å². The lowest BCUT2D eigenvalue weighted by Gasteiger charge is -2.25. The quantitative estimate of drug-likeness (QED) is 0.752. The van der Waals surface area contributed by atoms with Crippen LogP contribution in [0.5, 0.6) is 5.75 Å². The van der Waals surface area contributed by atoms with Gasteiger partial charge >= 0.3 is 12.0 Å². The van der Waals surface area contributed by atoms with Gasteiger partial charge in [0, 0.05) is 5.69 Å². The smallest absolute Gasteiger partial charge is 0.329 e. The number of nitrogens with one attached hydrogen (secondary N) is 2. The van der Waals surface area contributed by atoms with Crippen LogP contribution in [-0.2, 0) is 4.79 Å². The van der Waals surface area contributed by atoms with Gasteiger partial charge in [-0.1, -0.05) is 13.3 Å². The van der Waals surface area contributed by atoms with Gasteiger partial charge in [0.2, 0.25) is 0 Å². The molecule has 2 amide bonds. The van der Waals surface area contributed by atoms with Crippen LogP contribution in [-0.4, -0.2) is 29.8 Å². The molecule has 1 unspecified atom stereocenters. The zero-order valence-electron chi connectivity index (χ0n) is 12.8. The van der Waals surface area contributed by atoms with Crippen molar-refractivity contribution in [1.82, 2.24) is 5.32 Å². The van der Waals surface area contributed by atoms with E-state index >= 15 is 0 Å². The molecule has 21 heavy (non-hydrogen) atoms. The summed E-state index contributed by atoms with van der Waals surface area (Å²) in [6.07, 6.45) is 1.02. The number of ether oxygens (including phenoxy) is 1. The van der Waals surface area contributed by atoms with Gasteiger partial charge in [-0.3, -0.25) is 0 Å². The predicted octanol–water partition coefficient (Wildman–Crippen LogP) is 2.77. The minimum atomic E-state index is -1.28. The molecular formula is C15H22N2O4. The molecule has 0 aliphatic rings. The van der Waals surface area contributed by atoms with Gasteiger partial charge < -0.3 is 20.5 Å². The first kappa shape index (κ1) is 16.8. The highest BCUT2D eigenvalue weighted by Crippen LogP contribution is 2.21. The number of hydrogen-bond donors (Lipinski definition) is 3. The van der Waals surface area contributed by atoms with Crippen molar-refractivity contribution in [3.63, 3.8) is 0 Å². The Morgan fingerprint density at radius 3 is 2.52 bits per heavy atom. The molecule has 0 radical (unpaired) electrons. The Morgan fingerprint density at radius 2 is 2.05 bits per heavy atom. The first-order valence-electron chi connectivity index (χ1n) is 6.79. The van der Waals surface area contributed by atoms with Gasteiger partial charge in [-0.05, 0) is 44.0 Å². The number of carboxylic acids is 1. The largest absolute Gasteiger partial charge is 0.496 e. The number of urea groups is 1. The molecule has 1 aromatic carbocycles. The number of methoxy groups -OCH3 is 1. The SMILES string of the molecule is CCCC(C)(NC(=O)Nc1ccc(OC)c(C)c1)C(=O)O. The Bertz CT molecular complexity index is 530. The van der Waals surface area contributed by atoms with Crippen molar-refractivity contribution in [2.75, 3.05) is 12.4 Å². The van der Waals surface area contributed by atoms with Crippen LogP contribution in [0.1, 0.15) is 32.3 Å². The third kappa shape index (κ3) is 4.37. The average molecular weight is 294 g/mol. The fourth-order valence-corrected chi connectivity index (χ4v) is 2.09. The van der Waals surface area contributed by atoms with Crippen molar-refractivity contribution in [1.29, 1.82) is 0 Å². The zero-order valence-corrected chi connectivity index (χ0v) is 12.8. The normalized spacial score (nSPS) is 13.1. The van der Waals surface area contributed by atoms with Gasteiger partial charge in [-0.25, -0.2) is 9.59 Å². The molecule has 0 saturated carbocycles. The van der Waals surface area contributed by atoms with Crippen molar-refractivity contribution in [2.24, 2.45) is 0 Å². The molecule has 116 valence electrons. The minimum absolute atomic E-state index is 0.359. The second kappa shape index (κ2) is 6.97. The number of amides is 2. The monoisotopic (exact) mass is 294 g/mol. The fourth-order valence-electron chi connectivity index (χ4n) is 2.09. The van der Waals surface area contributed by atoms with Crippen LogP contribution in [0.15, 0.2) is 18.2 Å². The molecule has 6 nitrogen and oxygen atoms in total. The highest BCUT2D eigenvalue weighted by atomic mass is 16.5. The molecule has 0 saturated heterocycles. The molecular weight excluding hydrogens is 272 g/mol. The van der Waals surface area contributed by atoms with E-state index in [1.807, 2.05) is 13.8 Å². The molecule has 0 aliphatic carbocycles. The third-order valence-corrected chi connectivity index (χ3v) is 3.26. The fraction of sp³-hybridized carbons (Fsp3) is 0.467. The molecule has 0 heterocycles. The Kier molecular flexibility index (Phi) is 5.58. The number of carbonyl (C=O) groups is 2.